The molecule has 1 aromatic rings. The highest BCUT2D eigenvalue weighted by Crippen LogP contribution is 2.04. The van der Waals surface area contributed by atoms with E-state index in [1.165, 1.54) is 0 Å². The second-order valence-electron chi connectivity index (χ2n) is 5.06. The third-order valence-electron chi connectivity index (χ3n) is 2.14. The number of nitrogens with one attached hydrogen (secondary N) is 2. The summed E-state index contributed by atoms with van der Waals surface area (Å²) in [5.41, 5.74) is 1.20. The van der Waals surface area contributed by atoms with Crippen molar-refractivity contribution < 1.29 is 9.90 Å². The molecule has 0 heterocycles. The maximum atomic E-state index is 10.7. The van der Waals surface area contributed by atoms with Crippen molar-refractivity contribution in [2.75, 3.05) is 0 Å². The molecule has 0 saturated heterocycles. The highest BCUT2D eigenvalue weighted by molar-refractivity contribution is 7.80. The van der Waals surface area contributed by atoms with Crippen LogP contribution < -0.4 is 10.6 Å². The summed E-state index contributed by atoms with van der Waals surface area (Å²) in [7, 11) is 0. The van der Waals surface area contributed by atoms with E-state index in [2.05, 4.69) is 10.6 Å². The van der Waals surface area contributed by atoms with Crippen LogP contribution in [-0.2, 0) is 6.54 Å². The van der Waals surface area contributed by atoms with Crippen LogP contribution in [0.3, 0.4) is 0 Å². The summed E-state index contributed by atoms with van der Waals surface area (Å²) < 4.78 is 0. The third kappa shape index (κ3) is 5.14. The maximum absolute atomic E-state index is 10.7. The second kappa shape index (κ2) is 5.82. The van der Waals surface area contributed by atoms with E-state index in [-0.39, 0.29) is 11.1 Å². The molecule has 0 aromatic heterocycles. The van der Waals surface area contributed by atoms with Crippen molar-refractivity contribution in [3.63, 3.8) is 0 Å². The van der Waals surface area contributed by atoms with Crippen LogP contribution in [0.25, 0.3) is 0 Å². The number of rotatable bonds is 3. The van der Waals surface area contributed by atoms with E-state index in [1.54, 1.807) is 24.3 Å². The molecule has 1 aromatic carbocycles. The average Bonchev–Trinajstić information content (AvgIpc) is 2.24. The summed E-state index contributed by atoms with van der Waals surface area (Å²) in [6.07, 6.45) is 0. The average molecular weight is 266 g/mol. The molecule has 18 heavy (non-hydrogen) atoms. The Balaban J connectivity index is 2.49. The molecule has 0 atom stereocenters. The topological polar surface area (TPSA) is 61.4 Å². The minimum Gasteiger partial charge on any atom is -0.478 e. The highest BCUT2D eigenvalue weighted by Gasteiger charge is 2.10. The van der Waals surface area contributed by atoms with Gasteiger partial charge >= 0.3 is 5.97 Å². The molecule has 0 unspecified atom stereocenters. The van der Waals surface area contributed by atoms with Gasteiger partial charge in [0.1, 0.15) is 0 Å². The molecular weight excluding hydrogens is 248 g/mol. The minimum atomic E-state index is -0.917. The van der Waals surface area contributed by atoms with Crippen molar-refractivity contribution in [3.8, 4) is 0 Å². The molecule has 1 rings (SSSR count). The molecule has 5 heteroatoms. The van der Waals surface area contributed by atoms with E-state index in [9.17, 15) is 4.79 Å². The number of aromatic carboxylic acids is 1. The van der Waals surface area contributed by atoms with Crippen molar-refractivity contribution in [2.24, 2.45) is 0 Å². The van der Waals surface area contributed by atoms with Crippen molar-refractivity contribution >= 4 is 23.3 Å². The summed E-state index contributed by atoms with van der Waals surface area (Å²) in [5, 5.41) is 15.6. The Morgan fingerprint density at radius 1 is 1.28 bits per heavy atom. The smallest absolute Gasteiger partial charge is 0.335 e. The van der Waals surface area contributed by atoms with Gasteiger partial charge in [-0.2, -0.15) is 0 Å². The molecule has 0 amide bonds. The molecular formula is C13H18N2O2S. The molecule has 0 saturated carbocycles. The molecule has 4 nitrogen and oxygen atoms in total. The molecule has 0 aliphatic rings. The Bertz CT molecular complexity index is 435. The lowest BCUT2D eigenvalue weighted by Gasteiger charge is -2.23. The van der Waals surface area contributed by atoms with Crippen molar-refractivity contribution in [3.05, 3.63) is 35.4 Å². The maximum Gasteiger partial charge on any atom is 0.335 e. The molecule has 0 bridgehead atoms. The number of carboxylic acid groups (broad SMARTS) is 1. The molecule has 0 spiro atoms. The predicted molar refractivity (Wildman–Crippen MR) is 75.7 cm³/mol. The van der Waals surface area contributed by atoms with Crippen LogP contribution in [-0.4, -0.2) is 21.7 Å². The van der Waals surface area contributed by atoms with Crippen LogP contribution >= 0.6 is 12.2 Å². The first kappa shape index (κ1) is 14.4. The van der Waals surface area contributed by atoms with Gasteiger partial charge < -0.3 is 15.7 Å². The number of carbonyl (C=O) groups is 1. The van der Waals surface area contributed by atoms with E-state index in [1.807, 2.05) is 20.8 Å². The molecule has 0 fully saturated rings. The monoisotopic (exact) mass is 266 g/mol. The van der Waals surface area contributed by atoms with Crippen LogP contribution in [0.4, 0.5) is 0 Å². The van der Waals surface area contributed by atoms with E-state index in [0.717, 1.165) is 5.56 Å². The molecule has 3 N–H and O–H groups in total. The lowest BCUT2D eigenvalue weighted by Crippen LogP contribution is -2.45. The van der Waals surface area contributed by atoms with Gasteiger partial charge in [0.05, 0.1) is 5.56 Å². The zero-order valence-electron chi connectivity index (χ0n) is 10.8. The van der Waals surface area contributed by atoms with Gasteiger partial charge in [0.15, 0.2) is 5.11 Å². The van der Waals surface area contributed by atoms with Crippen LogP contribution in [0.2, 0.25) is 0 Å². The summed E-state index contributed by atoms with van der Waals surface area (Å²) in [6, 6.07) is 6.71. The van der Waals surface area contributed by atoms with Gasteiger partial charge in [-0.1, -0.05) is 12.1 Å². The Labute approximate surface area is 112 Å². The fourth-order valence-corrected chi connectivity index (χ4v) is 1.71. The van der Waals surface area contributed by atoms with Gasteiger partial charge in [-0.05, 0) is 50.7 Å². The number of hydrogen-bond acceptors (Lipinski definition) is 2. The summed E-state index contributed by atoms with van der Waals surface area (Å²) in [5.74, 6) is -0.917. The molecule has 0 radical (unpaired) electrons. The Morgan fingerprint density at radius 2 is 1.83 bits per heavy atom. The van der Waals surface area contributed by atoms with Crippen LogP contribution in [0, 0.1) is 0 Å². The molecule has 98 valence electrons. The van der Waals surface area contributed by atoms with Gasteiger partial charge in [0.2, 0.25) is 0 Å². The number of benzene rings is 1. The summed E-state index contributed by atoms with van der Waals surface area (Å²) in [4.78, 5) is 10.7. The third-order valence-corrected chi connectivity index (χ3v) is 2.39. The van der Waals surface area contributed by atoms with E-state index < -0.39 is 5.97 Å². The van der Waals surface area contributed by atoms with Gasteiger partial charge in [-0.3, -0.25) is 0 Å². The minimum absolute atomic E-state index is 0.0722. The zero-order chi connectivity index (χ0) is 13.8. The van der Waals surface area contributed by atoms with Crippen molar-refractivity contribution in [1.29, 1.82) is 0 Å². The SMILES string of the molecule is CC(C)(C)NC(=S)NCc1ccc(C(=O)O)cc1. The molecule has 0 aliphatic carbocycles. The van der Waals surface area contributed by atoms with Crippen LogP contribution in [0.1, 0.15) is 36.7 Å². The predicted octanol–water partition coefficient (Wildman–Crippen LogP) is 2.15. The summed E-state index contributed by atoms with van der Waals surface area (Å²) >= 11 is 5.15. The first-order valence-corrected chi connectivity index (χ1v) is 6.07. The Morgan fingerprint density at radius 3 is 2.28 bits per heavy atom. The fraction of sp³-hybridized carbons (Fsp3) is 0.385. The first-order chi connectivity index (χ1) is 8.28. The van der Waals surface area contributed by atoms with Gasteiger partial charge in [0.25, 0.3) is 0 Å². The zero-order valence-corrected chi connectivity index (χ0v) is 11.6. The lowest BCUT2D eigenvalue weighted by molar-refractivity contribution is 0.0697. The standard InChI is InChI=1S/C13H18N2O2S/c1-13(2,3)15-12(18)14-8-9-4-6-10(7-5-9)11(16)17/h4-7H,8H2,1-3H3,(H,16,17)(H2,14,15,18). The number of thiocarbonyl (C=S) groups is 1. The summed E-state index contributed by atoms with van der Waals surface area (Å²) in [6.45, 7) is 6.66. The number of hydrogen-bond donors (Lipinski definition) is 3. The number of carboxylic acids is 1. The largest absolute Gasteiger partial charge is 0.478 e. The van der Waals surface area contributed by atoms with E-state index in [4.69, 9.17) is 17.3 Å². The van der Waals surface area contributed by atoms with Crippen LogP contribution in [0.15, 0.2) is 24.3 Å². The Kier molecular flexibility index (Phi) is 4.67. The van der Waals surface area contributed by atoms with Crippen molar-refractivity contribution in [2.45, 2.75) is 32.9 Å². The van der Waals surface area contributed by atoms with Crippen molar-refractivity contribution in [1.82, 2.24) is 10.6 Å². The van der Waals surface area contributed by atoms with Gasteiger partial charge in [-0.15, -0.1) is 0 Å². The lowest BCUT2D eigenvalue weighted by atomic mass is 10.1. The first-order valence-electron chi connectivity index (χ1n) is 5.66. The highest BCUT2D eigenvalue weighted by atomic mass is 32.1. The van der Waals surface area contributed by atoms with Gasteiger partial charge in [0, 0.05) is 12.1 Å². The van der Waals surface area contributed by atoms with E-state index >= 15 is 0 Å². The van der Waals surface area contributed by atoms with E-state index in [0.29, 0.717) is 11.7 Å². The fourth-order valence-electron chi connectivity index (χ4n) is 1.33. The quantitative estimate of drug-likeness (QED) is 0.732. The Hall–Kier alpha value is -1.62. The molecule has 0 aliphatic heterocycles. The van der Waals surface area contributed by atoms with Crippen LogP contribution in [0.5, 0.6) is 0 Å². The second-order valence-corrected chi connectivity index (χ2v) is 5.47. The normalized spacial score (nSPS) is 10.8. The van der Waals surface area contributed by atoms with Gasteiger partial charge in [-0.25, -0.2) is 4.79 Å².